The Bertz CT molecular complexity index is 595. The number of benzene rings is 1. The van der Waals surface area contributed by atoms with E-state index in [-0.39, 0.29) is 0 Å². The maximum atomic E-state index is 12.4. The van der Waals surface area contributed by atoms with Crippen LogP contribution in [0.5, 0.6) is 0 Å². The second kappa shape index (κ2) is 3.58. The molecule has 15 heavy (non-hydrogen) atoms. The molecule has 3 nitrogen and oxygen atoms in total. The topological polar surface area (TPSA) is 47.0 Å². The molecule has 1 aromatic carbocycles. The summed E-state index contributed by atoms with van der Waals surface area (Å²) in [5.74, 6) is -0.585. The third kappa shape index (κ3) is 2.50. The summed E-state index contributed by atoms with van der Waals surface area (Å²) in [6.07, 6.45) is 1.65. The molecule has 1 aromatic heterocycles. The van der Waals surface area contributed by atoms with Crippen LogP contribution < -0.4 is 0 Å². The number of pyridine rings is 1. The fourth-order valence-corrected chi connectivity index (χ4v) is 1.99. The van der Waals surface area contributed by atoms with Crippen LogP contribution in [0.2, 0.25) is 0 Å². The predicted molar refractivity (Wildman–Crippen MR) is 55.5 cm³/mol. The van der Waals surface area contributed by atoms with E-state index in [9.17, 15) is 12.3 Å². The molecule has 2 aromatic rings. The SMILES string of the molecule is O=S(=O)(F)Cc1ccc2ncccc2c1. The van der Waals surface area contributed by atoms with E-state index in [4.69, 9.17) is 0 Å². The van der Waals surface area contributed by atoms with E-state index in [2.05, 4.69) is 4.98 Å². The fourth-order valence-electron chi connectivity index (χ4n) is 1.41. The molecule has 0 amide bonds. The summed E-state index contributed by atoms with van der Waals surface area (Å²) < 4.78 is 33.3. The molecule has 0 radical (unpaired) electrons. The first kappa shape index (κ1) is 10.0. The Morgan fingerprint density at radius 3 is 2.80 bits per heavy atom. The van der Waals surface area contributed by atoms with Gasteiger partial charge in [-0.3, -0.25) is 4.98 Å². The highest BCUT2D eigenvalue weighted by atomic mass is 32.3. The van der Waals surface area contributed by atoms with Gasteiger partial charge in [-0.25, -0.2) is 0 Å². The third-order valence-corrected chi connectivity index (χ3v) is 2.68. The van der Waals surface area contributed by atoms with Crippen molar-refractivity contribution in [3.05, 3.63) is 42.1 Å². The lowest BCUT2D eigenvalue weighted by Crippen LogP contribution is -1.96. The van der Waals surface area contributed by atoms with Gasteiger partial charge >= 0.3 is 10.2 Å². The summed E-state index contributed by atoms with van der Waals surface area (Å²) in [4.78, 5) is 4.08. The summed E-state index contributed by atoms with van der Waals surface area (Å²) >= 11 is 0. The Morgan fingerprint density at radius 2 is 2.07 bits per heavy atom. The molecule has 0 aliphatic heterocycles. The Hall–Kier alpha value is -1.49. The molecule has 0 fully saturated rings. The zero-order valence-corrected chi connectivity index (χ0v) is 8.54. The Labute approximate surface area is 86.8 Å². The maximum absolute atomic E-state index is 12.4. The van der Waals surface area contributed by atoms with Gasteiger partial charge < -0.3 is 0 Å². The average Bonchev–Trinajstić information content (AvgIpc) is 2.15. The van der Waals surface area contributed by atoms with Gasteiger partial charge in [0, 0.05) is 11.6 Å². The minimum atomic E-state index is -4.47. The molecule has 5 heteroatoms. The zero-order chi connectivity index (χ0) is 10.9. The van der Waals surface area contributed by atoms with Gasteiger partial charge in [-0.05, 0) is 23.8 Å². The summed E-state index contributed by atoms with van der Waals surface area (Å²) in [5, 5.41) is 0.804. The van der Waals surface area contributed by atoms with Crippen molar-refractivity contribution in [1.82, 2.24) is 4.98 Å². The van der Waals surface area contributed by atoms with Crippen molar-refractivity contribution in [3.63, 3.8) is 0 Å². The van der Waals surface area contributed by atoms with Crippen molar-refractivity contribution in [1.29, 1.82) is 0 Å². The number of fused-ring (bicyclic) bond motifs is 1. The summed E-state index contributed by atoms with van der Waals surface area (Å²) in [6, 6.07) is 8.41. The van der Waals surface area contributed by atoms with E-state index in [0.29, 0.717) is 5.56 Å². The van der Waals surface area contributed by atoms with Gasteiger partial charge in [0.1, 0.15) is 5.75 Å². The molecular formula is C10H8FNO2S. The lowest BCUT2D eigenvalue weighted by Gasteiger charge is -2.00. The normalized spacial score (nSPS) is 11.8. The maximum Gasteiger partial charge on any atom is 0.306 e. The molecule has 0 atom stereocenters. The third-order valence-electron chi connectivity index (χ3n) is 2.01. The first-order valence-corrected chi connectivity index (χ1v) is 5.86. The van der Waals surface area contributed by atoms with E-state index in [1.165, 1.54) is 0 Å². The Kier molecular flexibility index (Phi) is 2.40. The molecule has 0 spiro atoms. The van der Waals surface area contributed by atoms with Crippen LogP contribution in [0, 0.1) is 0 Å². The summed E-state index contributed by atoms with van der Waals surface area (Å²) in [6.45, 7) is 0. The van der Waals surface area contributed by atoms with Crippen molar-refractivity contribution in [2.45, 2.75) is 5.75 Å². The lowest BCUT2D eigenvalue weighted by molar-refractivity contribution is 0.551. The minimum Gasteiger partial charge on any atom is -0.256 e. The number of rotatable bonds is 2. The molecule has 0 bridgehead atoms. The highest BCUT2D eigenvalue weighted by molar-refractivity contribution is 7.85. The van der Waals surface area contributed by atoms with Crippen LogP contribution in [0.25, 0.3) is 10.9 Å². The number of halogens is 1. The van der Waals surface area contributed by atoms with E-state index >= 15 is 0 Å². The van der Waals surface area contributed by atoms with Gasteiger partial charge in [-0.1, -0.05) is 12.1 Å². The molecule has 0 saturated carbocycles. The zero-order valence-electron chi connectivity index (χ0n) is 7.72. The average molecular weight is 225 g/mol. The van der Waals surface area contributed by atoms with Gasteiger partial charge in [0.15, 0.2) is 0 Å². The quantitative estimate of drug-likeness (QED) is 0.735. The van der Waals surface area contributed by atoms with Crippen molar-refractivity contribution < 1.29 is 12.3 Å². The Balaban J connectivity index is 2.48. The largest absolute Gasteiger partial charge is 0.306 e. The van der Waals surface area contributed by atoms with Gasteiger partial charge in [-0.15, -0.1) is 3.89 Å². The smallest absolute Gasteiger partial charge is 0.256 e. The molecular weight excluding hydrogens is 217 g/mol. The molecule has 2 rings (SSSR count). The molecule has 78 valence electrons. The van der Waals surface area contributed by atoms with Crippen molar-refractivity contribution >= 4 is 21.1 Å². The highest BCUT2D eigenvalue weighted by Crippen LogP contribution is 2.15. The van der Waals surface area contributed by atoms with E-state index in [0.717, 1.165) is 10.9 Å². The molecule has 0 aliphatic rings. The molecule has 0 N–H and O–H groups in total. The van der Waals surface area contributed by atoms with Crippen LogP contribution >= 0.6 is 0 Å². The lowest BCUT2D eigenvalue weighted by atomic mass is 10.1. The van der Waals surface area contributed by atoms with E-state index < -0.39 is 16.0 Å². The van der Waals surface area contributed by atoms with Gasteiger partial charge in [0.05, 0.1) is 5.52 Å². The molecule has 1 heterocycles. The van der Waals surface area contributed by atoms with Gasteiger partial charge in [0.25, 0.3) is 0 Å². The van der Waals surface area contributed by atoms with Crippen LogP contribution in [0.1, 0.15) is 5.56 Å². The minimum absolute atomic E-state index is 0.429. The summed E-state index contributed by atoms with van der Waals surface area (Å²) in [5.41, 5.74) is 1.19. The number of nitrogens with zero attached hydrogens (tertiary/aromatic N) is 1. The van der Waals surface area contributed by atoms with Crippen LogP contribution in [-0.2, 0) is 16.0 Å². The first-order valence-electron chi connectivity index (χ1n) is 4.31. The Morgan fingerprint density at radius 1 is 1.27 bits per heavy atom. The van der Waals surface area contributed by atoms with Crippen molar-refractivity contribution in [3.8, 4) is 0 Å². The van der Waals surface area contributed by atoms with Gasteiger partial charge in [-0.2, -0.15) is 8.42 Å². The fraction of sp³-hybridized carbons (Fsp3) is 0.100. The number of hydrogen-bond acceptors (Lipinski definition) is 3. The second-order valence-electron chi connectivity index (χ2n) is 3.21. The highest BCUT2D eigenvalue weighted by Gasteiger charge is 2.08. The van der Waals surface area contributed by atoms with Gasteiger partial charge in [0.2, 0.25) is 0 Å². The van der Waals surface area contributed by atoms with E-state index in [1.807, 2.05) is 0 Å². The van der Waals surface area contributed by atoms with Crippen LogP contribution in [-0.4, -0.2) is 13.4 Å². The summed E-state index contributed by atoms with van der Waals surface area (Å²) in [7, 11) is -4.47. The van der Waals surface area contributed by atoms with Crippen LogP contribution in [0.3, 0.4) is 0 Å². The molecule has 0 saturated heterocycles. The van der Waals surface area contributed by atoms with Crippen LogP contribution in [0.4, 0.5) is 3.89 Å². The van der Waals surface area contributed by atoms with Crippen molar-refractivity contribution in [2.75, 3.05) is 0 Å². The monoisotopic (exact) mass is 225 g/mol. The van der Waals surface area contributed by atoms with Crippen LogP contribution in [0.15, 0.2) is 36.5 Å². The molecule has 0 unspecified atom stereocenters. The van der Waals surface area contributed by atoms with Crippen molar-refractivity contribution in [2.24, 2.45) is 0 Å². The first-order chi connectivity index (χ1) is 7.04. The molecule has 0 aliphatic carbocycles. The standard InChI is InChI=1S/C10H8FNO2S/c11-15(13,14)7-8-3-4-10-9(6-8)2-1-5-12-10/h1-6H,7H2. The van der Waals surface area contributed by atoms with E-state index in [1.54, 1.807) is 36.5 Å². The predicted octanol–water partition coefficient (Wildman–Crippen LogP) is 2.03. The number of aromatic nitrogens is 1. The number of hydrogen-bond donors (Lipinski definition) is 0. The second-order valence-corrected chi connectivity index (χ2v) is 4.58.